The van der Waals surface area contributed by atoms with E-state index in [1.807, 2.05) is 22.6 Å². The van der Waals surface area contributed by atoms with E-state index >= 15 is 0 Å². The zero-order valence-electron chi connectivity index (χ0n) is 9.69. The first-order valence-electron chi connectivity index (χ1n) is 5.68. The molecular formula is C13H12INO3. The molecule has 0 radical (unpaired) electrons. The van der Waals surface area contributed by atoms with Gasteiger partial charge in [0.15, 0.2) is 0 Å². The highest BCUT2D eigenvalue weighted by atomic mass is 127. The van der Waals surface area contributed by atoms with Crippen LogP contribution in [0.3, 0.4) is 0 Å². The van der Waals surface area contributed by atoms with Crippen LogP contribution in [0.5, 0.6) is 0 Å². The lowest BCUT2D eigenvalue weighted by molar-refractivity contribution is -0.116. The Morgan fingerprint density at radius 3 is 2.17 bits per heavy atom. The number of alkyl halides is 1. The molecule has 0 bridgehead atoms. The van der Waals surface area contributed by atoms with Crippen molar-refractivity contribution in [2.24, 2.45) is 0 Å². The van der Waals surface area contributed by atoms with Crippen LogP contribution in [0.2, 0.25) is 0 Å². The zero-order chi connectivity index (χ0) is 13.1. The highest BCUT2D eigenvalue weighted by Crippen LogP contribution is 2.22. The van der Waals surface area contributed by atoms with Gasteiger partial charge in [-0.25, -0.2) is 0 Å². The van der Waals surface area contributed by atoms with E-state index in [9.17, 15) is 14.4 Å². The molecule has 0 saturated carbocycles. The summed E-state index contributed by atoms with van der Waals surface area (Å²) in [5.74, 6) is -0.359. The molecule has 1 aromatic rings. The minimum absolute atomic E-state index is 0.146. The van der Waals surface area contributed by atoms with E-state index in [0.717, 1.165) is 0 Å². The molecule has 0 saturated heterocycles. The van der Waals surface area contributed by atoms with E-state index in [1.165, 1.54) is 4.90 Å². The molecule has 1 aliphatic heterocycles. The topological polar surface area (TPSA) is 54.5 Å². The van der Waals surface area contributed by atoms with Crippen LogP contribution < -0.4 is 0 Å². The molecule has 1 aromatic carbocycles. The molecule has 0 unspecified atom stereocenters. The van der Waals surface area contributed by atoms with Gasteiger partial charge >= 0.3 is 0 Å². The molecule has 0 atom stereocenters. The van der Waals surface area contributed by atoms with E-state index in [1.54, 1.807) is 24.3 Å². The average Bonchev–Trinajstić information content (AvgIpc) is 2.64. The van der Waals surface area contributed by atoms with E-state index in [0.29, 0.717) is 34.9 Å². The van der Waals surface area contributed by atoms with Crippen molar-refractivity contribution in [3.05, 3.63) is 35.4 Å². The molecule has 0 fully saturated rings. The first kappa shape index (κ1) is 13.2. The number of carbonyl (C=O) groups excluding carboxylic acids is 3. The van der Waals surface area contributed by atoms with Crippen LogP contribution in [-0.4, -0.2) is 33.5 Å². The van der Waals surface area contributed by atoms with Gasteiger partial charge in [0.25, 0.3) is 11.8 Å². The lowest BCUT2D eigenvalue weighted by Gasteiger charge is -2.12. The third-order valence-corrected chi connectivity index (χ3v) is 3.72. The van der Waals surface area contributed by atoms with Gasteiger partial charge in [-0.15, -0.1) is 0 Å². The Hall–Kier alpha value is -1.24. The summed E-state index contributed by atoms with van der Waals surface area (Å²) in [6, 6.07) is 6.80. The molecular weight excluding hydrogens is 345 g/mol. The lowest BCUT2D eigenvalue weighted by atomic mass is 10.1. The Bertz CT molecular complexity index is 478. The molecule has 0 N–H and O–H groups in total. The number of carbonyl (C=O) groups is 3. The smallest absolute Gasteiger partial charge is 0.261 e. The molecule has 0 aromatic heterocycles. The van der Waals surface area contributed by atoms with Crippen LogP contribution >= 0.6 is 22.6 Å². The van der Waals surface area contributed by atoms with Crippen molar-refractivity contribution in [3.63, 3.8) is 0 Å². The number of nitrogens with zero attached hydrogens (tertiary/aromatic N) is 1. The van der Waals surface area contributed by atoms with Gasteiger partial charge in [0.1, 0.15) is 5.78 Å². The fourth-order valence-corrected chi connectivity index (χ4v) is 2.32. The summed E-state index contributed by atoms with van der Waals surface area (Å²) in [5.41, 5.74) is 0.922. The Morgan fingerprint density at radius 1 is 1.11 bits per heavy atom. The summed E-state index contributed by atoms with van der Waals surface area (Å²) in [5, 5.41) is 0. The van der Waals surface area contributed by atoms with Crippen molar-refractivity contribution >= 4 is 40.2 Å². The molecule has 0 spiro atoms. The van der Waals surface area contributed by atoms with Gasteiger partial charge in [-0.3, -0.25) is 19.3 Å². The van der Waals surface area contributed by atoms with Crippen molar-refractivity contribution < 1.29 is 14.4 Å². The van der Waals surface area contributed by atoms with E-state index < -0.39 is 0 Å². The number of hydrogen-bond acceptors (Lipinski definition) is 3. The first-order chi connectivity index (χ1) is 8.65. The number of halogens is 1. The van der Waals surface area contributed by atoms with Crippen LogP contribution in [0, 0.1) is 0 Å². The van der Waals surface area contributed by atoms with Crippen LogP contribution in [0.25, 0.3) is 0 Å². The van der Waals surface area contributed by atoms with Gasteiger partial charge in [-0.2, -0.15) is 0 Å². The summed E-state index contributed by atoms with van der Waals surface area (Å²) >= 11 is 2.01. The Labute approximate surface area is 118 Å². The van der Waals surface area contributed by atoms with Crippen molar-refractivity contribution in [3.8, 4) is 0 Å². The number of imide groups is 1. The quantitative estimate of drug-likeness (QED) is 0.461. The number of amides is 2. The predicted octanol–water partition coefficient (Wildman–Crippen LogP) is 2.07. The maximum Gasteiger partial charge on any atom is 0.261 e. The minimum atomic E-state index is -0.252. The standard InChI is InChI=1S/C13H12INO3/c14-8-9(16)4-3-7-15-12(17)10-5-1-2-6-11(10)13(15)18/h1-2,5-6H,3-4,7-8H2. The highest BCUT2D eigenvalue weighted by molar-refractivity contribution is 14.1. The van der Waals surface area contributed by atoms with Crippen molar-refractivity contribution in [1.29, 1.82) is 0 Å². The van der Waals surface area contributed by atoms with Crippen molar-refractivity contribution in [2.45, 2.75) is 12.8 Å². The van der Waals surface area contributed by atoms with Gasteiger partial charge in [-0.05, 0) is 18.6 Å². The molecule has 2 amide bonds. The Balaban J connectivity index is 2.03. The summed E-state index contributed by atoms with van der Waals surface area (Å²) in [6.07, 6.45) is 0.948. The Kier molecular flexibility index (Phi) is 4.11. The van der Waals surface area contributed by atoms with Crippen molar-refractivity contribution in [1.82, 2.24) is 4.90 Å². The fraction of sp³-hybridized carbons (Fsp3) is 0.308. The molecule has 1 aliphatic rings. The zero-order valence-corrected chi connectivity index (χ0v) is 11.8. The summed E-state index contributed by atoms with van der Waals surface area (Å²) in [4.78, 5) is 36.3. The van der Waals surface area contributed by atoms with Gasteiger partial charge < -0.3 is 0 Å². The summed E-state index contributed by atoms with van der Waals surface area (Å²) in [7, 11) is 0. The van der Waals surface area contributed by atoms with Gasteiger partial charge in [0.05, 0.1) is 15.6 Å². The normalized spacial score (nSPS) is 13.9. The predicted molar refractivity (Wildman–Crippen MR) is 74.9 cm³/mol. The van der Waals surface area contributed by atoms with Gasteiger partial charge in [0, 0.05) is 13.0 Å². The number of ketones is 1. The fourth-order valence-electron chi connectivity index (χ4n) is 1.94. The Morgan fingerprint density at radius 2 is 1.67 bits per heavy atom. The second-order valence-electron chi connectivity index (χ2n) is 4.08. The average molecular weight is 357 g/mol. The monoisotopic (exact) mass is 357 g/mol. The van der Waals surface area contributed by atoms with Crippen LogP contribution in [0.4, 0.5) is 0 Å². The first-order valence-corrected chi connectivity index (χ1v) is 7.20. The second kappa shape index (κ2) is 5.60. The molecule has 18 heavy (non-hydrogen) atoms. The largest absolute Gasteiger partial charge is 0.299 e. The third kappa shape index (κ3) is 2.45. The number of rotatable bonds is 5. The van der Waals surface area contributed by atoms with Gasteiger partial charge in [0.2, 0.25) is 0 Å². The molecule has 2 rings (SSSR count). The highest BCUT2D eigenvalue weighted by Gasteiger charge is 2.34. The maximum absolute atomic E-state index is 12.0. The number of Topliss-reactive ketones (excluding diaryl/α,β-unsaturated/α-hetero) is 1. The summed E-state index contributed by atoms with van der Waals surface area (Å²) < 4.78 is 0.472. The van der Waals surface area contributed by atoms with Crippen LogP contribution in [0.15, 0.2) is 24.3 Å². The van der Waals surface area contributed by atoms with E-state index in [4.69, 9.17) is 0 Å². The molecule has 0 aliphatic carbocycles. The SMILES string of the molecule is O=C(CI)CCCN1C(=O)c2ccccc2C1=O. The second-order valence-corrected chi connectivity index (χ2v) is 4.85. The molecule has 94 valence electrons. The minimum Gasteiger partial charge on any atom is -0.299 e. The van der Waals surface area contributed by atoms with Gasteiger partial charge in [-0.1, -0.05) is 34.7 Å². The van der Waals surface area contributed by atoms with Crippen LogP contribution in [-0.2, 0) is 4.79 Å². The number of fused-ring (bicyclic) bond motifs is 1. The number of hydrogen-bond donors (Lipinski definition) is 0. The van der Waals surface area contributed by atoms with E-state index in [-0.39, 0.29) is 17.6 Å². The lowest BCUT2D eigenvalue weighted by Crippen LogP contribution is -2.31. The number of benzene rings is 1. The molecule has 4 nitrogen and oxygen atoms in total. The molecule has 1 heterocycles. The molecule has 5 heteroatoms. The van der Waals surface area contributed by atoms with Crippen LogP contribution in [0.1, 0.15) is 33.6 Å². The van der Waals surface area contributed by atoms with Crippen molar-refractivity contribution in [2.75, 3.05) is 11.0 Å². The van der Waals surface area contributed by atoms with E-state index in [2.05, 4.69) is 0 Å². The third-order valence-electron chi connectivity index (χ3n) is 2.86. The summed E-state index contributed by atoms with van der Waals surface area (Å²) in [6.45, 7) is 0.314. The maximum atomic E-state index is 12.0.